The van der Waals surface area contributed by atoms with Gasteiger partial charge < -0.3 is 10.4 Å². The summed E-state index contributed by atoms with van der Waals surface area (Å²) in [5, 5.41) is 28.6. The van der Waals surface area contributed by atoms with Crippen molar-refractivity contribution in [3.8, 4) is 0 Å². The van der Waals surface area contributed by atoms with Crippen molar-refractivity contribution in [2.45, 2.75) is 58.5 Å². The lowest BCUT2D eigenvalue weighted by Crippen LogP contribution is -2.45. The number of aryl methyl sites for hydroxylation is 2. The number of nitro groups is 1. The molecule has 1 aromatic rings. The highest BCUT2D eigenvalue weighted by atomic mass is 16.6. The molecule has 0 bridgehead atoms. The van der Waals surface area contributed by atoms with E-state index < -0.39 is 10.5 Å². The Kier molecular flexibility index (Phi) is 4.51. The number of aliphatic hydroxyl groups excluding tert-OH is 1. The second kappa shape index (κ2) is 6.01. The van der Waals surface area contributed by atoms with Gasteiger partial charge in [0.15, 0.2) is 0 Å². The van der Waals surface area contributed by atoms with Gasteiger partial charge in [-0.05, 0) is 45.4 Å². The highest BCUT2D eigenvalue weighted by molar-refractivity contribution is 5.61. The van der Waals surface area contributed by atoms with E-state index in [1.54, 1.807) is 11.6 Å². The van der Waals surface area contributed by atoms with E-state index in [1.165, 1.54) is 0 Å². The molecule has 0 atom stereocenters. The molecule has 7 nitrogen and oxygen atoms in total. The van der Waals surface area contributed by atoms with Crippen LogP contribution in [0.3, 0.4) is 0 Å². The summed E-state index contributed by atoms with van der Waals surface area (Å²) in [5.41, 5.74) is -0.0543. The quantitative estimate of drug-likeness (QED) is 0.643. The first-order chi connectivity index (χ1) is 9.92. The predicted octanol–water partition coefficient (Wildman–Crippen LogP) is 2.47. The maximum absolute atomic E-state index is 11.3. The SMILES string of the molecule is CCn1nc(C)c([N+](=O)[O-])c1NC1(CO)CCC(C)CC1. The van der Waals surface area contributed by atoms with E-state index in [1.807, 2.05) is 6.92 Å². The molecule has 1 aliphatic carbocycles. The number of hydrogen-bond acceptors (Lipinski definition) is 5. The van der Waals surface area contributed by atoms with Crippen molar-refractivity contribution in [1.82, 2.24) is 9.78 Å². The van der Waals surface area contributed by atoms with Gasteiger partial charge >= 0.3 is 5.69 Å². The Hall–Kier alpha value is -1.63. The van der Waals surface area contributed by atoms with Crippen molar-refractivity contribution < 1.29 is 10.0 Å². The molecule has 21 heavy (non-hydrogen) atoms. The molecular weight excluding hydrogens is 272 g/mol. The van der Waals surface area contributed by atoms with Crippen LogP contribution in [0, 0.1) is 23.0 Å². The Morgan fingerprint density at radius 1 is 1.52 bits per heavy atom. The molecule has 7 heteroatoms. The molecule has 0 spiro atoms. The first kappa shape index (κ1) is 15.8. The second-order valence-corrected chi connectivity index (χ2v) is 6.10. The minimum Gasteiger partial charge on any atom is -0.394 e. The summed E-state index contributed by atoms with van der Waals surface area (Å²) in [6, 6.07) is 0. The van der Waals surface area contributed by atoms with Crippen molar-refractivity contribution in [2.75, 3.05) is 11.9 Å². The smallest absolute Gasteiger partial charge is 0.333 e. The molecule has 2 rings (SSSR count). The van der Waals surface area contributed by atoms with Crippen LogP contribution < -0.4 is 5.32 Å². The molecule has 0 amide bonds. The minimum absolute atomic E-state index is 0.0169. The molecule has 0 unspecified atom stereocenters. The minimum atomic E-state index is -0.476. The molecule has 1 aliphatic rings. The van der Waals surface area contributed by atoms with Gasteiger partial charge in [0.05, 0.1) is 17.1 Å². The Balaban J connectivity index is 2.35. The Labute approximate surface area is 124 Å². The molecule has 1 aromatic heterocycles. The van der Waals surface area contributed by atoms with E-state index >= 15 is 0 Å². The van der Waals surface area contributed by atoms with Crippen molar-refractivity contribution in [3.63, 3.8) is 0 Å². The van der Waals surface area contributed by atoms with Gasteiger partial charge in [-0.3, -0.25) is 10.1 Å². The second-order valence-electron chi connectivity index (χ2n) is 6.10. The maximum Gasteiger partial charge on any atom is 0.333 e. The average Bonchev–Trinajstić information content (AvgIpc) is 2.77. The molecule has 1 heterocycles. The van der Waals surface area contributed by atoms with Crippen LogP contribution in [0.1, 0.15) is 45.2 Å². The predicted molar refractivity (Wildman–Crippen MR) is 80.4 cm³/mol. The zero-order valence-electron chi connectivity index (χ0n) is 12.9. The highest BCUT2D eigenvalue weighted by Gasteiger charge is 2.37. The lowest BCUT2D eigenvalue weighted by molar-refractivity contribution is -0.384. The largest absolute Gasteiger partial charge is 0.394 e. The fraction of sp³-hybridized carbons (Fsp3) is 0.786. The van der Waals surface area contributed by atoms with Crippen molar-refractivity contribution >= 4 is 11.5 Å². The molecule has 0 saturated heterocycles. The Morgan fingerprint density at radius 3 is 2.62 bits per heavy atom. The Morgan fingerprint density at radius 2 is 2.14 bits per heavy atom. The number of rotatable bonds is 5. The van der Waals surface area contributed by atoms with Crippen LogP contribution in [0.4, 0.5) is 11.5 Å². The van der Waals surface area contributed by atoms with Gasteiger partial charge in [-0.15, -0.1) is 0 Å². The van der Waals surface area contributed by atoms with Crippen molar-refractivity contribution in [2.24, 2.45) is 5.92 Å². The van der Waals surface area contributed by atoms with Crippen LogP contribution in [0.25, 0.3) is 0 Å². The summed E-state index contributed by atoms with van der Waals surface area (Å²) in [4.78, 5) is 10.9. The number of nitrogens with one attached hydrogen (secondary N) is 1. The van der Waals surface area contributed by atoms with Crippen molar-refractivity contribution in [1.29, 1.82) is 0 Å². The van der Waals surface area contributed by atoms with Crippen LogP contribution in [0.2, 0.25) is 0 Å². The Bertz CT molecular complexity index is 519. The average molecular weight is 296 g/mol. The van der Waals surface area contributed by atoms with Crippen LogP contribution in [0.15, 0.2) is 0 Å². The normalized spacial score (nSPS) is 25.8. The zero-order chi connectivity index (χ0) is 15.6. The van der Waals surface area contributed by atoms with Gasteiger partial charge in [0.1, 0.15) is 5.69 Å². The number of aromatic nitrogens is 2. The zero-order valence-corrected chi connectivity index (χ0v) is 12.9. The van der Waals surface area contributed by atoms with E-state index in [9.17, 15) is 15.2 Å². The fourth-order valence-electron chi connectivity index (χ4n) is 3.03. The summed E-state index contributed by atoms with van der Waals surface area (Å²) in [6.45, 7) is 6.27. The first-order valence-corrected chi connectivity index (χ1v) is 7.53. The van der Waals surface area contributed by atoms with Crippen LogP contribution >= 0.6 is 0 Å². The summed E-state index contributed by atoms with van der Waals surface area (Å²) in [5.74, 6) is 1.06. The number of nitrogens with zero attached hydrogens (tertiary/aromatic N) is 3. The summed E-state index contributed by atoms with van der Waals surface area (Å²) in [6.07, 6.45) is 3.66. The molecule has 1 saturated carbocycles. The van der Waals surface area contributed by atoms with E-state index in [0.717, 1.165) is 25.7 Å². The van der Waals surface area contributed by atoms with E-state index in [4.69, 9.17) is 0 Å². The molecule has 1 fully saturated rings. The molecule has 118 valence electrons. The maximum atomic E-state index is 11.3. The van der Waals surface area contributed by atoms with Crippen molar-refractivity contribution in [3.05, 3.63) is 15.8 Å². The van der Waals surface area contributed by atoms with Crippen LogP contribution in [-0.2, 0) is 6.54 Å². The van der Waals surface area contributed by atoms with Gasteiger partial charge in [-0.1, -0.05) is 6.92 Å². The van der Waals surface area contributed by atoms with Gasteiger partial charge in [-0.25, -0.2) is 4.68 Å². The van der Waals surface area contributed by atoms with E-state index in [-0.39, 0.29) is 12.3 Å². The molecular formula is C14H24N4O3. The molecule has 2 N–H and O–H groups in total. The summed E-state index contributed by atoms with van der Waals surface area (Å²) < 4.78 is 1.61. The number of aliphatic hydroxyl groups is 1. The van der Waals surface area contributed by atoms with E-state index in [2.05, 4.69) is 17.3 Å². The topological polar surface area (TPSA) is 93.2 Å². The third-order valence-corrected chi connectivity index (χ3v) is 4.50. The van der Waals surface area contributed by atoms with Crippen LogP contribution in [-0.4, -0.2) is 32.0 Å². The standard InChI is InChI=1S/C14H24N4O3/c1-4-17-13(12(18(20)21)11(3)16-17)15-14(9-19)7-5-10(2)6-8-14/h10,15,19H,4-9H2,1-3H3. The third-order valence-electron chi connectivity index (χ3n) is 4.50. The monoisotopic (exact) mass is 296 g/mol. The lowest BCUT2D eigenvalue weighted by Gasteiger charge is -2.39. The molecule has 0 radical (unpaired) electrons. The third kappa shape index (κ3) is 3.02. The van der Waals surface area contributed by atoms with Gasteiger partial charge in [0, 0.05) is 6.54 Å². The highest BCUT2D eigenvalue weighted by Crippen LogP contribution is 2.37. The van der Waals surface area contributed by atoms with E-state index in [0.29, 0.717) is 24.0 Å². The first-order valence-electron chi connectivity index (χ1n) is 7.53. The van der Waals surface area contributed by atoms with Gasteiger partial charge in [0.2, 0.25) is 5.82 Å². The van der Waals surface area contributed by atoms with Crippen LogP contribution in [0.5, 0.6) is 0 Å². The number of hydrogen-bond donors (Lipinski definition) is 2. The molecule has 0 aliphatic heterocycles. The fourth-order valence-corrected chi connectivity index (χ4v) is 3.03. The lowest BCUT2D eigenvalue weighted by atomic mass is 9.77. The summed E-state index contributed by atoms with van der Waals surface area (Å²) in [7, 11) is 0. The van der Waals surface area contributed by atoms with Gasteiger partial charge in [0.25, 0.3) is 0 Å². The summed E-state index contributed by atoms with van der Waals surface area (Å²) >= 11 is 0. The van der Waals surface area contributed by atoms with Gasteiger partial charge in [-0.2, -0.15) is 5.10 Å². The number of anilines is 1. The molecule has 0 aromatic carbocycles.